The van der Waals surface area contributed by atoms with E-state index >= 15 is 0 Å². The molecule has 1 heterocycles. The minimum Gasteiger partial charge on any atom is -0.379 e. The molecule has 0 amide bonds. The van der Waals surface area contributed by atoms with Crippen molar-refractivity contribution in [2.24, 2.45) is 0 Å². The summed E-state index contributed by atoms with van der Waals surface area (Å²) < 4.78 is 5.14. The molecule has 72 valence electrons. The molecule has 1 atom stereocenters. The predicted molar refractivity (Wildman–Crippen MR) is 37.7 cm³/mol. The van der Waals surface area contributed by atoms with Crippen LogP contribution in [-0.4, -0.2) is 42.7 Å². The van der Waals surface area contributed by atoms with E-state index in [1.165, 1.54) is 0 Å². The van der Waals surface area contributed by atoms with Crippen LogP contribution in [0.1, 0.15) is 6.92 Å². The summed E-state index contributed by atoms with van der Waals surface area (Å²) in [6.45, 7) is 4.75. The topological polar surface area (TPSA) is 60.4 Å². The summed E-state index contributed by atoms with van der Waals surface area (Å²) in [6, 6.07) is 0. The SMILES string of the molecule is CC(OOOO)N1CCOCC1. The predicted octanol–water partition coefficient (Wildman–Crippen LogP) is 0.0174. The molecule has 1 rings (SSSR count). The van der Waals surface area contributed by atoms with Crippen molar-refractivity contribution in [3.8, 4) is 0 Å². The highest BCUT2D eigenvalue weighted by molar-refractivity contribution is 4.61. The average Bonchev–Trinajstić information content (AvgIpc) is 2.15. The zero-order valence-corrected chi connectivity index (χ0v) is 6.93. The Morgan fingerprint density at radius 2 is 2.08 bits per heavy atom. The molecule has 1 aliphatic rings. The van der Waals surface area contributed by atoms with Crippen LogP contribution in [0.2, 0.25) is 0 Å². The Bertz CT molecular complexity index is 117. The molecule has 6 nitrogen and oxygen atoms in total. The molecule has 0 bridgehead atoms. The van der Waals surface area contributed by atoms with E-state index < -0.39 is 0 Å². The third-order valence-corrected chi connectivity index (χ3v) is 1.77. The molecule has 12 heavy (non-hydrogen) atoms. The lowest BCUT2D eigenvalue weighted by molar-refractivity contribution is -0.636. The van der Waals surface area contributed by atoms with Crippen molar-refractivity contribution in [2.75, 3.05) is 26.3 Å². The minimum atomic E-state index is -0.249. The second kappa shape index (κ2) is 5.41. The first-order chi connectivity index (χ1) is 5.84. The van der Waals surface area contributed by atoms with E-state index in [1.807, 2.05) is 4.90 Å². The third-order valence-electron chi connectivity index (χ3n) is 1.77. The number of morpholine rings is 1. The number of nitrogens with zero attached hydrogens (tertiary/aromatic N) is 1. The molecule has 1 unspecified atom stereocenters. The van der Waals surface area contributed by atoms with Crippen LogP contribution >= 0.6 is 0 Å². The quantitative estimate of drug-likeness (QED) is 0.485. The lowest BCUT2D eigenvalue weighted by Gasteiger charge is -2.30. The van der Waals surface area contributed by atoms with Gasteiger partial charge in [-0.25, -0.2) is 5.26 Å². The summed E-state index contributed by atoms with van der Waals surface area (Å²) >= 11 is 0. The molecule has 1 saturated heterocycles. The standard InChI is InChI=1S/C6H13NO5/c1-6(10-12-11-8)7-2-4-9-5-3-7/h6,8H,2-5H2,1H3. The number of rotatable bonds is 4. The lowest BCUT2D eigenvalue weighted by Crippen LogP contribution is -2.43. The van der Waals surface area contributed by atoms with Crippen LogP contribution in [0.5, 0.6) is 0 Å². The van der Waals surface area contributed by atoms with Crippen molar-refractivity contribution in [3.63, 3.8) is 0 Å². The molecule has 0 aromatic heterocycles. The summed E-state index contributed by atoms with van der Waals surface area (Å²) in [5.41, 5.74) is 0. The second-order valence-corrected chi connectivity index (χ2v) is 2.49. The van der Waals surface area contributed by atoms with E-state index in [2.05, 4.69) is 15.0 Å². The van der Waals surface area contributed by atoms with Crippen LogP contribution in [0.3, 0.4) is 0 Å². The summed E-state index contributed by atoms with van der Waals surface area (Å²) in [4.78, 5) is 6.63. The fourth-order valence-electron chi connectivity index (χ4n) is 1.08. The first kappa shape index (κ1) is 9.85. The maximum absolute atomic E-state index is 7.82. The van der Waals surface area contributed by atoms with Gasteiger partial charge >= 0.3 is 0 Å². The van der Waals surface area contributed by atoms with Crippen LogP contribution in [0.25, 0.3) is 0 Å². The molecule has 0 aliphatic carbocycles. The van der Waals surface area contributed by atoms with Gasteiger partial charge in [-0.05, 0) is 17.0 Å². The Balaban J connectivity index is 2.15. The molecule has 1 fully saturated rings. The van der Waals surface area contributed by atoms with E-state index in [4.69, 9.17) is 9.99 Å². The molecule has 0 saturated carbocycles. The lowest BCUT2D eigenvalue weighted by atomic mass is 10.4. The largest absolute Gasteiger partial charge is 0.379 e. The third kappa shape index (κ3) is 3.02. The van der Waals surface area contributed by atoms with Crippen molar-refractivity contribution in [2.45, 2.75) is 13.2 Å². The van der Waals surface area contributed by atoms with Crippen LogP contribution in [0, 0.1) is 0 Å². The molecule has 1 aliphatic heterocycles. The molecule has 0 aromatic carbocycles. The van der Waals surface area contributed by atoms with Crippen LogP contribution in [0.4, 0.5) is 0 Å². The molecular formula is C6H13NO5. The molecule has 0 spiro atoms. The van der Waals surface area contributed by atoms with E-state index in [-0.39, 0.29) is 6.23 Å². The van der Waals surface area contributed by atoms with Gasteiger partial charge in [0.25, 0.3) is 0 Å². The molecule has 1 N–H and O–H groups in total. The zero-order valence-electron chi connectivity index (χ0n) is 6.93. The van der Waals surface area contributed by atoms with E-state index in [0.29, 0.717) is 13.2 Å². The normalized spacial score (nSPS) is 22.5. The Kier molecular flexibility index (Phi) is 4.44. The second-order valence-electron chi connectivity index (χ2n) is 2.49. The number of ether oxygens (including phenoxy) is 1. The van der Waals surface area contributed by atoms with Gasteiger partial charge in [0.2, 0.25) is 0 Å². The summed E-state index contributed by atoms with van der Waals surface area (Å²) in [7, 11) is 0. The summed E-state index contributed by atoms with van der Waals surface area (Å²) in [5.74, 6) is 0. The first-order valence-corrected chi connectivity index (χ1v) is 3.80. The smallest absolute Gasteiger partial charge is 0.146 e. The van der Waals surface area contributed by atoms with Gasteiger partial charge in [-0.1, -0.05) is 0 Å². The Labute approximate surface area is 70.4 Å². The van der Waals surface area contributed by atoms with Gasteiger partial charge in [0, 0.05) is 13.1 Å². The van der Waals surface area contributed by atoms with Crippen LogP contribution in [-0.2, 0) is 19.7 Å². The maximum Gasteiger partial charge on any atom is 0.146 e. The van der Waals surface area contributed by atoms with Gasteiger partial charge in [-0.3, -0.25) is 4.90 Å². The van der Waals surface area contributed by atoms with Gasteiger partial charge in [0.1, 0.15) is 6.23 Å². The van der Waals surface area contributed by atoms with E-state index in [0.717, 1.165) is 13.1 Å². The van der Waals surface area contributed by atoms with Crippen molar-refractivity contribution in [1.29, 1.82) is 0 Å². The van der Waals surface area contributed by atoms with Crippen molar-refractivity contribution in [3.05, 3.63) is 0 Å². The van der Waals surface area contributed by atoms with Crippen molar-refractivity contribution >= 4 is 0 Å². The Hall–Kier alpha value is -0.240. The van der Waals surface area contributed by atoms with Gasteiger partial charge in [0.15, 0.2) is 0 Å². The first-order valence-electron chi connectivity index (χ1n) is 3.80. The highest BCUT2D eigenvalue weighted by Crippen LogP contribution is 2.04. The van der Waals surface area contributed by atoms with Crippen molar-refractivity contribution < 1.29 is 25.0 Å². The average molecular weight is 179 g/mol. The van der Waals surface area contributed by atoms with Crippen molar-refractivity contribution in [1.82, 2.24) is 4.90 Å². The Morgan fingerprint density at radius 1 is 1.42 bits per heavy atom. The van der Waals surface area contributed by atoms with Crippen LogP contribution < -0.4 is 0 Å². The summed E-state index contributed by atoms with van der Waals surface area (Å²) in [5, 5.41) is 15.1. The maximum atomic E-state index is 7.82. The summed E-state index contributed by atoms with van der Waals surface area (Å²) in [6.07, 6.45) is -0.249. The number of hydrogen-bond acceptors (Lipinski definition) is 6. The fourth-order valence-corrected chi connectivity index (χ4v) is 1.08. The highest BCUT2D eigenvalue weighted by atomic mass is 17.6. The van der Waals surface area contributed by atoms with E-state index in [9.17, 15) is 0 Å². The van der Waals surface area contributed by atoms with Gasteiger partial charge < -0.3 is 4.74 Å². The molecule has 0 aromatic rings. The van der Waals surface area contributed by atoms with Crippen LogP contribution in [0.15, 0.2) is 0 Å². The van der Waals surface area contributed by atoms with Gasteiger partial charge in [-0.15, -0.1) is 0 Å². The van der Waals surface area contributed by atoms with Gasteiger partial charge in [-0.2, -0.15) is 4.89 Å². The Morgan fingerprint density at radius 3 is 2.67 bits per heavy atom. The van der Waals surface area contributed by atoms with Gasteiger partial charge in [0.05, 0.1) is 13.2 Å². The minimum absolute atomic E-state index is 0.249. The fraction of sp³-hybridized carbons (Fsp3) is 1.00. The molecule has 0 radical (unpaired) electrons. The highest BCUT2D eigenvalue weighted by Gasteiger charge is 2.18. The monoisotopic (exact) mass is 179 g/mol. The number of hydrogen-bond donors (Lipinski definition) is 1. The molecular weight excluding hydrogens is 166 g/mol. The molecule has 6 heteroatoms. The zero-order chi connectivity index (χ0) is 8.81. The van der Waals surface area contributed by atoms with E-state index in [1.54, 1.807) is 6.92 Å².